The maximum atomic E-state index is 12.4. The SMILES string of the molecule is CCN(CC(=O)O)C1CC(Nc2ncccc2S(=O)(=O)NC(C)C)C1. The molecule has 1 aliphatic carbocycles. The number of carbonyl (C=O) groups is 1. The van der Waals surface area contributed by atoms with E-state index in [1.54, 1.807) is 26.1 Å². The third kappa shape index (κ3) is 5.13. The largest absolute Gasteiger partial charge is 0.480 e. The minimum Gasteiger partial charge on any atom is -0.480 e. The molecule has 1 heterocycles. The van der Waals surface area contributed by atoms with E-state index in [4.69, 9.17) is 5.11 Å². The summed E-state index contributed by atoms with van der Waals surface area (Å²) in [5.41, 5.74) is 0. The lowest BCUT2D eigenvalue weighted by molar-refractivity contribution is -0.139. The molecule has 1 aliphatic rings. The number of nitrogens with one attached hydrogen (secondary N) is 2. The van der Waals surface area contributed by atoms with Gasteiger partial charge in [-0.1, -0.05) is 6.92 Å². The summed E-state index contributed by atoms with van der Waals surface area (Å²) in [5, 5.41) is 12.1. The molecular weight excluding hydrogens is 344 g/mol. The molecule has 1 fully saturated rings. The zero-order valence-corrected chi connectivity index (χ0v) is 15.6. The number of carboxylic acid groups (broad SMARTS) is 1. The van der Waals surface area contributed by atoms with Crippen LogP contribution in [0.5, 0.6) is 0 Å². The molecule has 0 bridgehead atoms. The highest BCUT2D eigenvalue weighted by Crippen LogP contribution is 2.30. The Hall–Kier alpha value is -1.71. The molecule has 1 saturated carbocycles. The Labute approximate surface area is 148 Å². The van der Waals surface area contributed by atoms with Gasteiger partial charge in [0.2, 0.25) is 10.0 Å². The quantitative estimate of drug-likeness (QED) is 0.597. The molecule has 1 aromatic heterocycles. The van der Waals surface area contributed by atoms with Gasteiger partial charge in [0.15, 0.2) is 0 Å². The molecule has 140 valence electrons. The third-order valence-electron chi connectivity index (χ3n) is 4.17. The van der Waals surface area contributed by atoms with Crippen molar-refractivity contribution in [1.82, 2.24) is 14.6 Å². The molecule has 3 N–H and O–H groups in total. The first-order valence-corrected chi connectivity index (χ1v) is 9.91. The Morgan fingerprint density at radius 2 is 2.12 bits per heavy atom. The van der Waals surface area contributed by atoms with Crippen molar-refractivity contribution in [3.8, 4) is 0 Å². The van der Waals surface area contributed by atoms with Crippen LogP contribution in [0.15, 0.2) is 23.2 Å². The van der Waals surface area contributed by atoms with Crippen molar-refractivity contribution in [3.05, 3.63) is 18.3 Å². The van der Waals surface area contributed by atoms with Crippen LogP contribution < -0.4 is 10.0 Å². The van der Waals surface area contributed by atoms with Crippen molar-refractivity contribution in [3.63, 3.8) is 0 Å². The summed E-state index contributed by atoms with van der Waals surface area (Å²) >= 11 is 0. The van der Waals surface area contributed by atoms with E-state index in [0.717, 1.165) is 12.8 Å². The molecule has 0 aromatic carbocycles. The zero-order valence-electron chi connectivity index (χ0n) is 14.8. The Balaban J connectivity index is 2.03. The number of rotatable bonds is 9. The Morgan fingerprint density at radius 3 is 2.68 bits per heavy atom. The zero-order chi connectivity index (χ0) is 18.6. The number of aromatic nitrogens is 1. The molecule has 2 rings (SSSR count). The van der Waals surface area contributed by atoms with Crippen LogP contribution in [0.2, 0.25) is 0 Å². The van der Waals surface area contributed by atoms with Crippen LogP contribution in [-0.2, 0) is 14.8 Å². The number of pyridine rings is 1. The number of hydrogen-bond acceptors (Lipinski definition) is 6. The third-order valence-corrected chi connectivity index (χ3v) is 5.86. The molecule has 25 heavy (non-hydrogen) atoms. The van der Waals surface area contributed by atoms with Gasteiger partial charge in [-0.3, -0.25) is 9.69 Å². The highest BCUT2D eigenvalue weighted by Gasteiger charge is 2.35. The highest BCUT2D eigenvalue weighted by atomic mass is 32.2. The topological polar surface area (TPSA) is 112 Å². The molecular formula is C16H26N4O4S. The van der Waals surface area contributed by atoms with E-state index in [9.17, 15) is 13.2 Å². The first-order chi connectivity index (χ1) is 11.7. The number of anilines is 1. The van der Waals surface area contributed by atoms with Gasteiger partial charge < -0.3 is 10.4 Å². The van der Waals surface area contributed by atoms with Crippen LogP contribution in [0.3, 0.4) is 0 Å². The van der Waals surface area contributed by atoms with Crippen molar-refractivity contribution < 1.29 is 18.3 Å². The van der Waals surface area contributed by atoms with Crippen molar-refractivity contribution in [2.45, 2.75) is 56.6 Å². The first-order valence-electron chi connectivity index (χ1n) is 8.42. The van der Waals surface area contributed by atoms with E-state index < -0.39 is 16.0 Å². The van der Waals surface area contributed by atoms with Crippen LogP contribution in [0.25, 0.3) is 0 Å². The standard InChI is InChI=1S/C16H26N4O4S/c1-4-20(10-15(21)22)13-8-12(9-13)18-16-14(6-5-7-17-16)25(23,24)19-11(2)3/h5-7,11-13,19H,4,8-10H2,1-3H3,(H,17,18)(H,21,22). The van der Waals surface area contributed by atoms with Crippen molar-refractivity contribution in [2.75, 3.05) is 18.4 Å². The lowest BCUT2D eigenvalue weighted by Crippen LogP contribution is -2.51. The molecule has 0 aliphatic heterocycles. The van der Waals surface area contributed by atoms with Gasteiger partial charge in [-0.2, -0.15) is 0 Å². The molecule has 0 radical (unpaired) electrons. The average molecular weight is 370 g/mol. The van der Waals surface area contributed by atoms with E-state index in [1.807, 2.05) is 11.8 Å². The summed E-state index contributed by atoms with van der Waals surface area (Å²) in [6.45, 7) is 6.16. The minimum absolute atomic E-state index is 0.0232. The summed E-state index contributed by atoms with van der Waals surface area (Å²) in [7, 11) is -3.63. The van der Waals surface area contributed by atoms with Gasteiger partial charge in [-0.15, -0.1) is 0 Å². The van der Waals surface area contributed by atoms with Crippen LogP contribution in [0, 0.1) is 0 Å². The lowest BCUT2D eigenvalue weighted by atomic mass is 9.85. The summed E-state index contributed by atoms with van der Waals surface area (Å²) in [6.07, 6.45) is 3.07. The van der Waals surface area contributed by atoms with Crippen LogP contribution in [0.4, 0.5) is 5.82 Å². The number of carboxylic acids is 1. The van der Waals surface area contributed by atoms with Gasteiger partial charge in [-0.25, -0.2) is 18.1 Å². The Bertz CT molecular complexity index is 702. The van der Waals surface area contributed by atoms with Gasteiger partial charge in [0.25, 0.3) is 0 Å². The van der Waals surface area contributed by atoms with Crippen LogP contribution in [-0.4, -0.2) is 60.6 Å². The number of hydrogen-bond donors (Lipinski definition) is 3. The van der Waals surface area contributed by atoms with E-state index in [0.29, 0.717) is 12.4 Å². The monoisotopic (exact) mass is 370 g/mol. The van der Waals surface area contributed by atoms with E-state index in [1.165, 1.54) is 6.07 Å². The van der Waals surface area contributed by atoms with Crippen LogP contribution in [0.1, 0.15) is 33.6 Å². The van der Waals surface area contributed by atoms with Crippen molar-refractivity contribution in [2.24, 2.45) is 0 Å². The highest BCUT2D eigenvalue weighted by molar-refractivity contribution is 7.89. The molecule has 0 spiro atoms. The van der Waals surface area contributed by atoms with Crippen LogP contribution >= 0.6 is 0 Å². The molecule has 0 atom stereocenters. The van der Waals surface area contributed by atoms with Gasteiger partial charge in [0, 0.05) is 24.3 Å². The molecule has 0 amide bonds. The fourth-order valence-corrected chi connectivity index (χ4v) is 4.33. The maximum Gasteiger partial charge on any atom is 0.317 e. The second-order valence-corrected chi connectivity index (χ2v) is 8.23. The lowest BCUT2D eigenvalue weighted by Gasteiger charge is -2.42. The van der Waals surface area contributed by atoms with E-state index in [2.05, 4.69) is 15.0 Å². The summed E-state index contributed by atoms with van der Waals surface area (Å²) < 4.78 is 27.4. The van der Waals surface area contributed by atoms with E-state index >= 15 is 0 Å². The maximum absolute atomic E-state index is 12.4. The Morgan fingerprint density at radius 1 is 1.44 bits per heavy atom. The molecule has 0 saturated heterocycles. The Kier molecular flexibility index (Phi) is 6.36. The number of likely N-dealkylation sites (N-methyl/N-ethyl adjacent to an activating group) is 1. The number of nitrogens with zero attached hydrogens (tertiary/aromatic N) is 2. The fraction of sp³-hybridized carbons (Fsp3) is 0.625. The predicted molar refractivity (Wildman–Crippen MR) is 95.0 cm³/mol. The van der Waals surface area contributed by atoms with Gasteiger partial charge in [-0.05, 0) is 45.4 Å². The minimum atomic E-state index is -3.63. The fourth-order valence-electron chi connectivity index (χ4n) is 2.96. The van der Waals surface area contributed by atoms with Gasteiger partial charge >= 0.3 is 5.97 Å². The van der Waals surface area contributed by atoms with Gasteiger partial charge in [0.1, 0.15) is 10.7 Å². The number of aliphatic carboxylic acids is 1. The first kappa shape index (κ1) is 19.6. The molecule has 9 heteroatoms. The van der Waals surface area contributed by atoms with Crippen molar-refractivity contribution >= 4 is 21.8 Å². The normalized spacial score (nSPS) is 20.5. The number of sulfonamides is 1. The molecule has 1 aromatic rings. The second-order valence-electron chi connectivity index (χ2n) is 6.55. The van der Waals surface area contributed by atoms with Gasteiger partial charge in [0.05, 0.1) is 6.54 Å². The summed E-state index contributed by atoms with van der Waals surface area (Å²) in [5.74, 6) is -0.503. The van der Waals surface area contributed by atoms with Crippen molar-refractivity contribution in [1.29, 1.82) is 0 Å². The molecule has 0 unspecified atom stereocenters. The summed E-state index contributed by atoms with van der Waals surface area (Å²) in [6, 6.07) is 3.18. The average Bonchev–Trinajstić information content (AvgIpc) is 2.47. The predicted octanol–water partition coefficient (Wildman–Crippen LogP) is 1.12. The second kappa shape index (κ2) is 8.11. The molecule has 8 nitrogen and oxygen atoms in total. The van der Waals surface area contributed by atoms with E-state index in [-0.39, 0.29) is 29.6 Å². The summed E-state index contributed by atoms with van der Waals surface area (Å²) in [4.78, 5) is 17.1. The smallest absolute Gasteiger partial charge is 0.317 e.